The Labute approximate surface area is 251 Å². The van der Waals surface area contributed by atoms with Crippen molar-refractivity contribution in [2.45, 2.75) is 64.1 Å². The van der Waals surface area contributed by atoms with E-state index in [1.165, 1.54) is 20.0 Å². The van der Waals surface area contributed by atoms with Gasteiger partial charge >= 0.3 is 6.18 Å². The Kier molecular flexibility index (Phi) is 14.3. The molecule has 2 aromatic carbocycles. The molecule has 2 heterocycles. The van der Waals surface area contributed by atoms with Crippen molar-refractivity contribution in [3.63, 3.8) is 0 Å². The molecule has 1 aliphatic heterocycles. The van der Waals surface area contributed by atoms with Crippen LogP contribution in [-0.2, 0) is 17.2 Å². The van der Waals surface area contributed by atoms with E-state index in [1.807, 2.05) is 27.7 Å². The van der Waals surface area contributed by atoms with Crippen LogP contribution in [0.5, 0.6) is 5.75 Å². The highest BCUT2D eigenvalue weighted by Gasteiger charge is 2.33. The van der Waals surface area contributed by atoms with Gasteiger partial charge in [0.05, 0.1) is 28.8 Å². The number of alkyl halides is 7. The maximum Gasteiger partial charge on any atom is 0.416 e. The molecule has 0 bridgehead atoms. The van der Waals surface area contributed by atoms with Crippen molar-refractivity contribution in [1.29, 1.82) is 0 Å². The molecule has 2 aliphatic rings. The van der Waals surface area contributed by atoms with Gasteiger partial charge in [-0.15, -0.1) is 0 Å². The Morgan fingerprint density at radius 2 is 1.53 bits per heavy atom. The van der Waals surface area contributed by atoms with Gasteiger partial charge in [0.25, 0.3) is 6.43 Å². The number of benzene rings is 2. The first-order chi connectivity index (χ1) is 20.6. The Morgan fingerprint density at radius 1 is 0.930 bits per heavy atom. The summed E-state index contributed by atoms with van der Waals surface area (Å²) in [6, 6.07) is 8.05. The molecule has 2 fully saturated rings. The van der Waals surface area contributed by atoms with Gasteiger partial charge in [0.1, 0.15) is 19.1 Å². The lowest BCUT2D eigenvalue weighted by Gasteiger charge is -2.36. The summed E-state index contributed by atoms with van der Waals surface area (Å²) in [7, 11) is -0.527. The maximum absolute atomic E-state index is 13.6. The number of hydrogen-bond donors (Lipinski definition) is 0. The van der Waals surface area contributed by atoms with Crippen LogP contribution in [0.4, 0.5) is 36.4 Å². The van der Waals surface area contributed by atoms with E-state index in [9.17, 15) is 34.9 Å². The molecule has 1 unspecified atom stereocenters. The Morgan fingerprint density at radius 3 is 2.02 bits per heavy atom. The highest BCUT2D eigenvalue weighted by molar-refractivity contribution is 7.83. The summed E-state index contributed by atoms with van der Waals surface area (Å²) in [5.41, 5.74) is -0.905. The van der Waals surface area contributed by atoms with Gasteiger partial charge in [0.2, 0.25) is 0 Å². The van der Waals surface area contributed by atoms with Crippen molar-refractivity contribution in [3.05, 3.63) is 53.7 Å². The van der Waals surface area contributed by atoms with Crippen LogP contribution in [-0.4, -0.2) is 65.8 Å². The van der Waals surface area contributed by atoms with E-state index in [0.29, 0.717) is 11.8 Å². The molecule has 1 saturated heterocycles. The first kappa shape index (κ1) is 36.4. The molecule has 0 radical (unpaired) electrons. The third-order valence-corrected chi connectivity index (χ3v) is 8.00. The molecule has 43 heavy (non-hydrogen) atoms. The predicted molar refractivity (Wildman–Crippen MR) is 158 cm³/mol. The normalized spacial score (nSPS) is 16.0. The molecule has 3 aromatic rings. The average Bonchev–Trinajstić information content (AvgIpc) is 3.81. The van der Waals surface area contributed by atoms with Crippen LogP contribution in [0.1, 0.15) is 58.1 Å². The molecule has 13 heteroatoms. The van der Waals surface area contributed by atoms with Gasteiger partial charge in [-0.1, -0.05) is 33.8 Å². The second-order valence-electron chi connectivity index (χ2n) is 9.16. The van der Waals surface area contributed by atoms with Crippen LogP contribution in [0.2, 0.25) is 0 Å². The van der Waals surface area contributed by atoms with Crippen molar-refractivity contribution >= 4 is 27.6 Å². The fourth-order valence-electron chi connectivity index (χ4n) is 4.62. The molecule has 5 nitrogen and oxygen atoms in total. The minimum Gasteiger partial charge on any atom is -0.495 e. The van der Waals surface area contributed by atoms with Gasteiger partial charge in [0, 0.05) is 49.4 Å². The van der Waals surface area contributed by atoms with E-state index in [-0.39, 0.29) is 15.8 Å². The summed E-state index contributed by atoms with van der Waals surface area (Å²) in [5, 5.41) is -0.0636. The molecule has 0 spiro atoms. The number of aromatic nitrogens is 1. The van der Waals surface area contributed by atoms with Crippen molar-refractivity contribution in [2.75, 3.05) is 51.5 Å². The Bertz CT molecular complexity index is 1300. The summed E-state index contributed by atoms with van der Waals surface area (Å²) in [4.78, 5) is 4.85. The predicted octanol–water partition coefficient (Wildman–Crippen LogP) is 8.44. The molecule has 0 amide bonds. The summed E-state index contributed by atoms with van der Waals surface area (Å²) in [5.74, 6) is 0.579. The topological polar surface area (TPSA) is 37.7 Å². The average molecular weight is 640 g/mol. The quantitative estimate of drug-likeness (QED) is 0.243. The lowest BCUT2D eigenvalue weighted by atomic mass is 10.1. The zero-order valence-electron chi connectivity index (χ0n) is 25.1. The van der Waals surface area contributed by atoms with Crippen LogP contribution < -0.4 is 9.64 Å². The summed E-state index contributed by atoms with van der Waals surface area (Å²) in [6.07, 6.45) is -4.17. The van der Waals surface area contributed by atoms with E-state index in [4.69, 9.17) is 4.74 Å². The van der Waals surface area contributed by atoms with Crippen molar-refractivity contribution in [3.8, 4) is 5.75 Å². The van der Waals surface area contributed by atoms with Crippen LogP contribution in [0, 0.1) is 0 Å². The molecule has 1 aromatic heterocycles. The number of rotatable bonds is 7. The van der Waals surface area contributed by atoms with Gasteiger partial charge in [-0.3, -0.25) is 8.87 Å². The van der Waals surface area contributed by atoms with Crippen molar-refractivity contribution in [1.82, 2.24) is 8.87 Å². The van der Waals surface area contributed by atoms with E-state index < -0.39 is 48.1 Å². The molecule has 1 saturated carbocycles. The summed E-state index contributed by atoms with van der Waals surface area (Å²) >= 11 is 0. The minimum absolute atomic E-state index is 0.0636. The Hall–Kier alpha value is -2.80. The second-order valence-corrected chi connectivity index (χ2v) is 10.5. The van der Waals surface area contributed by atoms with Crippen molar-refractivity contribution in [2.24, 2.45) is 0 Å². The largest absolute Gasteiger partial charge is 0.495 e. The number of methoxy groups -OCH3 is 1. The van der Waals surface area contributed by atoms with Gasteiger partial charge < -0.3 is 9.64 Å². The van der Waals surface area contributed by atoms with Crippen LogP contribution in [0.15, 0.2) is 47.5 Å². The number of nitrogens with zero attached hydrogens (tertiary/aromatic N) is 3. The number of fused-ring (bicyclic) bond motifs is 1. The van der Waals surface area contributed by atoms with Gasteiger partial charge in [0.15, 0.2) is 11.0 Å². The van der Waals surface area contributed by atoms with E-state index in [1.54, 1.807) is 18.2 Å². The van der Waals surface area contributed by atoms with Gasteiger partial charge in [-0.05, 0) is 43.2 Å². The lowest BCUT2D eigenvalue weighted by molar-refractivity contribution is -0.137. The molecule has 1 atom stereocenters. The van der Waals surface area contributed by atoms with Crippen LogP contribution in [0.3, 0.4) is 0 Å². The first-order valence-electron chi connectivity index (χ1n) is 14.3. The molecule has 5 rings (SSSR count). The first-order valence-corrected chi connectivity index (χ1v) is 15.4. The van der Waals surface area contributed by atoms with Gasteiger partial charge in [-0.25, -0.2) is 21.8 Å². The van der Waals surface area contributed by atoms with E-state index >= 15 is 0 Å². The van der Waals surface area contributed by atoms with E-state index in [2.05, 4.69) is 9.80 Å². The number of hydrogen-bond acceptors (Lipinski definition) is 4. The van der Waals surface area contributed by atoms with Crippen molar-refractivity contribution < 1.29 is 39.7 Å². The molecular weight excluding hydrogens is 599 g/mol. The molecule has 0 N–H and O–H groups in total. The van der Waals surface area contributed by atoms with Crippen LogP contribution >= 0.6 is 0 Å². The monoisotopic (exact) mass is 639 g/mol. The third-order valence-electron chi connectivity index (χ3n) is 6.69. The SMILES string of the molecule is CC.CC.COc1ccc(S(=O)n2cc(C(F)F)c3ccc(C(F)(F)F)cc32)cc1N1CCN(C2CC2)CC1.FCCF. The van der Waals surface area contributed by atoms with Gasteiger partial charge in [-0.2, -0.15) is 13.2 Å². The smallest absolute Gasteiger partial charge is 0.416 e. The highest BCUT2D eigenvalue weighted by Crippen LogP contribution is 2.38. The number of anilines is 1. The number of ether oxygens (including phenoxy) is 1. The van der Waals surface area contributed by atoms with E-state index in [0.717, 1.165) is 60.2 Å². The summed E-state index contributed by atoms with van der Waals surface area (Å²) in [6.45, 7) is 9.59. The fraction of sp³-hybridized carbons (Fsp3) is 0.533. The zero-order valence-corrected chi connectivity index (χ0v) is 25.9. The zero-order chi connectivity index (χ0) is 32.3. The summed E-state index contributed by atoms with van der Waals surface area (Å²) < 4.78 is 108. The third kappa shape index (κ3) is 9.10. The lowest BCUT2D eigenvalue weighted by Crippen LogP contribution is -2.47. The Balaban J connectivity index is 0.000000733. The second kappa shape index (κ2) is 16.9. The highest BCUT2D eigenvalue weighted by atomic mass is 32.2. The van der Waals surface area contributed by atoms with Crippen LogP contribution in [0.25, 0.3) is 10.9 Å². The standard InChI is InChI=1S/C24H24F5N3O2S.C2H4F2.2C2H6/c1-34-22-7-5-17(13-21(22)31-10-8-30(9-11-31)16-3-4-16)35(33)32-14-19(23(25)26)18-6-2-15(12-20(18)32)24(27,28)29;3-1-2-4;2*1-2/h2,5-7,12-14,16,23H,3-4,8-11H2,1H3;1-2H2;2*1-2H3. The number of halogens is 7. The molecule has 1 aliphatic carbocycles. The minimum atomic E-state index is -4.66. The molecule has 242 valence electrons. The number of piperazine rings is 1. The maximum atomic E-state index is 13.6. The fourth-order valence-corrected chi connectivity index (χ4v) is 5.78. The molecular formula is C30H40F7N3O2S.